The van der Waals surface area contributed by atoms with Crippen molar-refractivity contribution >= 4 is 35.1 Å². The number of rotatable bonds is 6. The summed E-state index contributed by atoms with van der Waals surface area (Å²) in [6.07, 6.45) is 1.77. The van der Waals surface area contributed by atoms with E-state index in [-0.39, 0.29) is 24.6 Å². The number of hydrogen-bond donors (Lipinski definition) is 1. The summed E-state index contributed by atoms with van der Waals surface area (Å²) in [6, 6.07) is 16.6. The molecule has 0 radical (unpaired) electrons. The summed E-state index contributed by atoms with van der Waals surface area (Å²) >= 11 is 12.1. The highest BCUT2D eigenvalue weighted by atomic mass is 35.5. The van der Waals surface area contributed by atoms with Crippen molar-refractivity contribution in [2.45, 2.75) is 58.2 Å². The number of amides is 1. The van der Waals surface area contributed by atoms with Crippen LogP contribution in [0.3, 0.4) is 0 Å². The second-order valence-electron chi connectivity index (χ2n) is 11.0. The van der Waals surface area contributed by atoms with Crippen LogP contribution in [0.5, 0.6) is 11.5 Å². The minimum Gasteiger partial charge on any atom is -0.493 e. The number of aliphatic carboxylic acids is 1. The van der Waals surface area contributed by atoms with Gasteiger partial charge in [0.25, 0.3) is 5.91 Å². The van der Waals surface area contributed by atoms with Gasteiger partial charge in [-0.1, -0.05) is 47.5 Å². The summed E-state index contributed by atoms with van der Waals surface area (Å²) in [7, 11) is 0. The molecular formula is C33H30Cl2N2O6. The molecular weight excluding hydrogens is 591 g/mol. The first-order valence-electron chi connectivity index (χ1n) is 14.1. The van der Waals surface area contributed by atoms with Gasteiger partial charge in [-0.2, -0.15) is 0 Å². The number of oxazole rings is 1. The number of carboxylic acid groups (broad SMARTS) is 1. The minimum absolute atomic E-state index is 0.148. The average Bonchev–Trinajstić information content (AvgIpc) is 3.20. The predicted octanol–water partition coefficient (Wildman–Crippen LogP) is 6.94. The van der Waals surface area contributed by atoms with Gasteiger partial charge in [0.1, 0.15) is 29.9 Å². The monoisotopic (exact) mass is 620 g/mol. The van der Waals surface area contributed by atoms with Crippen LogP contribution in [0.4, 0.5) is 0 Å². The van der Waals surface area contributed by atoms with E-state index in [4.69, 9.17) is 37.1 Å². The highest BCUT2D eigenvalue weighted by molar-refractivity contribution is 6.42. The quantitative estimate of drug-likeness (QED) is 0.249. The molecule has 0 saturated heterocycles. The number of halogens is 2. The summed E-state index contributed by atoms with van der Waals surface area (Å²) in [5, 5.41) is 11.0. The highest BCUT2D eigenvalue weighted by Gasteiger charge is 2.37. The molecule has 0 bridgehead atoms. The first-order chi connectivity index (χ1) is 20.7. The summed E-state index contributed by atoms with van der Waals surface area (Å²) in [6.45, 7) is 4.41. The molecule has 1 N–H and O–H groups in total. The maximum absolute atomic E-state index is 13.4. The standard InChI is InChI=1S/C33H30Cl2N2O6/c1-18-31(36-19(2)43-18)32(38)37-16-25-13-24-12-22(9-10-41-30(24)15-23(25)14-29(37)33(39)40)21-4-6-26(7-5-21)42-17-20-3-8-27(34)28(35)11-20/h3-8,11,13,15,22,29H,9-10,12,14,16-17H2,1-2H3,(H,39,40)/t22-,29+/m1/s1. The van der Waals surface area contributed by atoms with Gasteiger partial charge in [-0.3, -0.25) is 4.79 Å². The molecule has 4 aromatic rings. The van der Waals surface area contributed by atoms with Crippen molar-refractivity contribution in [2.24, 2.45) is 0 Å². The molecule has 6 rings (SSSR count). The fourth-order valence-corrected chi connectivity index (χ4v) is 6.17. The van der Waals surface area contributed by atoms with Crippen molar-refractivity contribution in [3.05, 3.63) is 110 Å². The van der Waals surface area contributed by atoms with Gasteiger partial charge >= 0.3 is 5.97 Å². The largest absolute Gasteiger partial charge is 0.493 e. The lowest BCUT2D eigenvalue weighted by atomic mass is 9.86. The number of ether oxygens (including phenoxy) is 2. The molecule has 10 heteroatoms. The van der Waals surface area contributed by atoms with Crippen LogP contribution in [0, 0.1) is 13.8 Å². The lowest BCUT2D eigenvalue weighted by Crippen LogP contribution is -2.49. The summed E-state index contributed by atoms with van der Waals surface area (Å²) < 4.78 is 17.6. The van der Waals surface area contributed by atoms with Crippen molar-refractivity contribution in [3.8, 4) is 11.5 Å². The zero-order valence-corrected chi connectivity index (χ0v) is 25.2. The number of hydrogen-bond acceptors (Lipinski definition) is 6. The Labute approximate surface area is 259 Å². The third-order valence-electron chi connectivity index (χ3n) is 8.10. The number of aryl methyl sites for hydroxylation is 2. The molecule has 0 unspecified atom stereocenters. The van der Waals surface area contributed by atoms with Gasteiger partial charge in [-0.25, -0.2) is 9.78 Å². The molecule has 2 aliphatic rings. The summed E-state index contributed by atoms with van der Waals surface area (Å²) in [4.78, 5) is 31.2. The Balaban J connectivity index is 1.19. The van der Waals surface area contributed by atoms with E-state index in [9.17, 15) is 14.7 Å². The van der Waals surface area contributed by atoms with Crippen LogP contribution in [-0.4, -0.2) is 39.5 Å². The fraction of sp³-hybridized carbons (Fsp3) is 0.303. The maximum atomic E-state index is 13.4. The molecule has 222 valence electrons. The molecule has 3 aromatic carbocycles. The summed E-state index contributed by atoms with van der Waals surface area (Å²) in [5.41, 5.74) is 5.09. The number of carbonyl (C=O) groups excluding carboxylic acids is 1. The third-order valence-corrected chi connectivity index (χ3v) is 8.84. The molecule has 1 amide bonds. The molecule has 2 atom stereocenters. The number of benzene rings is 3. The summed E-state index contributed by atoms with van der Waals surface area (Å²) in [5.74, 6) is 0.984. The molecule has 8 nitrogen and oxygen atoms in total. The van der Waals surface area contributed by atoms with Crippen LogP contribution < -0.4 is 9.47 Å². The highest BCUT2D eigenvalue weighted by Crippen LogP contribution is 2.37. The van der Waals surface area contributed by atoms with Crippen LogP contribution in [-0.2, 0) is 30.8 Å². The Hall–Kier alpha value is -4.01. The molecule has 1 aromatic heterocycles. The van der Waals surface area contributed by atoms with Crippen molar-refractivity contribution in [3.63, 3.8) is 0 Å². The van der Waals surface area contributed by atoms with Gasteiger partial charge in [0.2, 0.25) is 0 Å². The van der Waals surface area contributed by atoms with Crippen LogP contribution in [0.25, 0.3) is 0 Å². The van der Waals surface area contributed by atoms with E-state index in [2.05, 4.69) is 23.2 Å². The van der Waals surface area contributed by atoms with Crippen molar-refractivity contribution in [2.75, 3.05) is 6.61 Å². The number of fused-ring (bicyclic) bond motifs is 2. The molecule has 0 fully saturated rings. The Morgan fingerprint density at radius 2 is 1.79 bits per heavy atom. The average molecular weight is 622 g/mol. The lowest BCUT2D eigenvalue weighted by Gasteiger charge is -2.34. The van der Waals surface area contributed by atoms with Crippen LogP contribution >= 0.6 is 23.2 Å². The van der Waals surface area contributed by atoms with Gasteiger partial charge < -0.3 is 23.9 Å². The van der Waals surface area contributed by atoms with Crippen molar-refractivity contribution in [1.82, 2.24) is 9.88 Å². The molecule has 43 heavy (non-hydrogen) atoms. The molecule has 0 aliphatic carbocycles. The Kier molecular flexibility index (Phi) is 8.07. The van der Waals surface area contributed by atoms with E-state index in [0.717, 1.165) is 46.6 Å². The van der Waals surface area contributed by atoms with E-state index in [1.807, 2.05) is 24.3 Å². The number of aromatic nitrogens is 1. The lowest BCUT2D eigenvalue weighted by molar-refractivity contribution is -0.142. The second kappa shape index (κ2) is 11.9. The fourth-order valence-electron chi connectivity index (χ4n) is 5.85. The normalized spacial score (nSPS) is 17.8. The van der Waals surface area contributed by atoms with E-state index < -0.39 is 17.9 Å². The number of carboxylic acids is 1. The molecule has 0 saturated carbocycles. The SMILES string of the molecule is Cc1nc(C(=O)N2Cc3cc4c(cc3C[C@H]2C(=O)O)OCC[C@@H](c2ccc(OCc3ccc(Cl)c(Cl)c3)cc2)C4)c(C)o1. The Morgan fingerprint density at radius 1 is 1.00 bits per heavy atom. The van der Waals surface area contributed by atoms with Crippen LogP contribution in [0.2, 0.25) is 10.0 Å². The second-order valence-corrected chi connectivity index (χ2v) is 11.8. The van der Waals surface area contributed by atoms with E-state index in [1.165, 1.54) is 10.5 Å². The topological polar surface area (TPSA) is 102 Å². The first-order valence-corrected chi connectivity index (χ1v) is 14.8. The molecule has 3 heterocycles. The zero-order valence-electron chi connectivity index (χ0n) is 23.7. The molecule has 2 aliphatic heterocycles. The molecule has 0 spiro atoms. The van der Waals surface area contributed by atoms with Gasteiger partial charge in [0.15, 0.2) is 11.6 Å². The third kappa shape index (κ3) is 6.08. The van der Waals surface area contributed by atoms with Gasteiger partial charge in [-0.15, -0.1) is 0 Å². The number of nitrogens with zero attached hydrogens (tertiary/aromatic N) is 2. The smallest absolute Gasteiger partial charge is 0.326 e. The Morgan fingerprint density at radius 3 is 2.49 bits per heavy atom. The van der Waals surface area contributed by atoms with Gasteiger partial charge in [0.05, 0.1) is 16.7 Å². The minimum atomic E-state index is -1.06. The van der Waals surface area contributed by atoms with Crippen LogP contribution in [0.1, 0.15) is 62.3 Å². The van der Waals surface area contributed by atoms with E-state index in [1.54, 1.807) is 26.0 Å². The van der Waals surface area contributed by atoms with Crippen LogP contribution in [0.15, 0.2) is 59.0 Å². The Bertz CT molecular complexity index is 1700. The number of carbonyl (C=O) groups is 2. The maximum Gasteiger partial charge on any atom is 0.326 e. The zero-order chi connectivity index (χ0) is 30.2. The first kappa shape index (κ1) is 29.1. The van der Waals surface area contributed by atoms with Crippen molar-refractivity contribution in [1.29, 1.82) is 0 Å². The van der Waals surface area contributed by atoms with Gasteiger partial charge in [0, 0.05) is 19.9 Å². The van der Waals surface area contributed by atoms with E-state index >= 15 is 0 Å². The van der Waals surface area contributed by atoms with Gasteiger partial charge in [-0.05, 0) is 83.8 Å². The van der Waals surface area contributed by atoms with E-state index in [0.29, 0.717) is 34.9 Å². The van der Waals surface area contributed by atoms with Crippen molar-refractivity contribution < 1.29 is 28.6 Å². The predicted molar refractivity (Wildman–Crippen MR) is 161 cm³/mol.